The van der Waals surface area contributed by atoms with E-state index >= 15 is 0 Å². The van der Waals surface area contributed by atoms with Gasteiger partial charge in [0.05, 0.1) is 11.8 Å². The number of likely N-dealkylation sites (N-methyl/N-ethyl adjacent to an activating group) is 1. The summed E-state index contributed by atoms with van der Waals surface area (Å²) in [7, 11) is 0. The van der Waals surface area contributed by atoms with Gasteiger partial charge in [-0.25, -0.2) is 14.0 Å². The molecule has 13 nitrogen and oxygen atoms in total. The average Bonchev–Trinajstić information content (AvgIpc) is 3.17. The number of aliphatic hydroxyl groups is 2. The summed E-state index contributed by atoms with van der Waals surface area (Å²) in [4.78, 5) is 54.1. The number of carbonyl (C=O) groups excluding carboxylic acids is 1. The van der Waals surface area contributed by atoms with Crippen LogP contribution in [0.4, 0.5) is 17.6 Å². The number of carbonyl (C=O) groups is 3. The van der Waals surface area contributed by atoms with Crippen molar-refractivity contribution in [3.05, 3.63) is 112 Å². The predicted molar refractivity (Wildman–Crippen MR) is 204 cm³/mol. The Balaban J connectivity index is 0.000000766. The SMILES string of the molecule is CCN(CC)CCN(Cc1ccc(-c2ccc(C(F)(F)F)cc2)cc1)C(=O)Cn1cc([S+](C)[O-])c(=O)nc1SCc1ccc(F)cc1.O=C(O)C(O)C(O)C(=O)O. The molecule has 0 saturated carbocycles. The molecule has 57 heavy (non-hydrogen) atoms. The van der Waals surface area contributed by atoms with E-state index < -0.39 is 52.6 Å². The number of thioether (sulfide) groups is 1. The number of alkyl halides is 3. The molecule has 0 aliphatic rings. The molecule has 1 aromatic heterocycles. The van der Waals surface area contributed by atoms with Gasteiger partial charge in [0, 0.05) is 25.4 Å². The Kier molecular flexibility index (Phi) is 17.7. The average molecular weight is 839 g/mol. The van der Waals surface area contributed by atoms with Crippen LogP contribution in [0.25, 0.3) is 11.1 Å². The third kappa shape index (κ3) is 14.3. The van der Waals surface area contributed by atoms with Crippen molar-refractivity contribution in [1.82, 2.24) is 19.4 Å². The summed E-state index contributed by atoms with van der Waals surface area (Å²) < 4.78 is 66.2. The summed E-state index contributed by atoms with van der Waals surface area (Å²) in [5.74, 6) is -3.78. The van der Waals surface area contributed by atoms with Crippen LogP contribution in [0.5, 0.6) is 0 Å². The van der Waals surface area contributed by atoms with E-state index in [1.165, 1.54) is 53.0 Å². The van der Waals surface area contributed by atoms with Crippen molar-refractivity contribution in [1.29, 1.82) is 0 Å². The Morgan fingerprint density at radius 3 is 1.84 bits per heavy atom. The van der Waals surface area contributed by atoms with Crippen LogP contribution in [-0.4, -0.2) is 107 Å². The molecule has 0 radical (unpaired) electrons. The molecule has 1 amide bonds. The van der Waals surface area contributed by atoms with E-state index in [1.54, 1.807) is 17.0 Å². The molecule has 3 aromatic carbocycles. The van der Waals surface area contributed by atoms with E-state index in [-0.39, 0.29) is 34.9 Å². The molecule has 0 spiro atoms. The minimum Gasteiger partial charge on any atom is -0.611 e. The summed E-state index contributed by atoms with van der Waals surface area (Å²) in [6.45, 7) is 6.84. The molecule has 3 unspecified atom stereocenters. The lowest BCUT2D eigenvalue weighted by atomic mass is 10.0. The molecule has 4 rings (SSSR count). The van der Waals surface area contributed by atoms with Gasteiger partial charge in [-0.15, -0.1) is 0 Å². The van der Waals surface area contributed by atoms with Crippen molar-refractivity contribution in [2.45, 2.75) is 61.1 Å². The van der Waals surface area contributed by atoms with Gasteiger partial charge in [-0.2, -0.15) is 18.2 Å². The van der Waals surface area contributed by atoms with Gasteiger partial charge in [-0.3, -0.25) is 9.59 Å². The second-order valence-corrected chi connectivity index (χ2v) is 14.7. The molecule has 0 saturated heterocycles. The number of hydrogen-bond acceptors (Lipinski definition) is 10. The van der Waals surface area contributed by atoms with Gasteiger partial charge >= 0.3 is 23.7 Å². The van der Waals surface area contributed by atoms with Crippen LogP contribution >= 0.6 is 11.8 Å². The van der Waals surface area contributed by atoms with Gasteiger partial charge in [-0.1, -0.05) is 74.1 Å². The van der Waals surface area contributed by atoms with Gasteiger partial charge in [0.25, 0.3) is 0 Å². The maximum absolute atomic E-state index is 13.9. The lowest BCUT2D eigenvalue weighted by Gasteiger charge is -2.27. The number of amides is 1. The first kappa shape index (κ1) is 46.6. The van der Waals surface area contributed by atoms with E-state index in [0.29, 0.717) is 24.4 Å². The van der Waals surface area contributed by atoms with E-state index in [0.717, 1.165) is 41.9 Å². The number of aliphatic hydroxyl groups excluding tert-OH is 2. The Labute approximate surface area is 332 Å². The Morgan fingerprint density at radius 1 is 0.860 bits per heavy atom. The number of nitrogens with zero attached hydrogens (tertiary/aromatic N) is 4. The Morgan fingerprint density at radius 2 is 1.37 bits per heavy atom. The highest BCUT2D eigenvalue weighted by atomic mass is 32.2. The van der Waals surface area contributed by atoms with Crippen LogP contribution in [0.1, 0.15) is 30.5 Å². The fourth-order valence-electron chi connectivity index (χ4n) is 5.10. The fourth-order valence-corrected chi connectivity index (χ4v) is 6.58. The normalized spacial score (nSPS) is 13.0. The van der Waals surface area contributed by atoms with Gasteiger partial charge < -0.3 is 39.3 Å². The highest BCUT2D eigenvalue weighted by Gasteiger charge is 2.30. The van der Waals surface area contributed by atoms with Gasteiger partial charge in [0.1, 0.15) is 18.6 Å². The summed E-state index contributed by atoms with van der Waals surface area (Å²) in [6, 6.07) is 18.2. The highest BCUT2D eigenvalue weighted by Crippen LogP contribution is 2.31. The lowest BCUT2D eigenvalue weighted by molar-refractivity contribution is -0.165. The van der Waals surface area contributed by atoms with Crippen LogP contribution in [0.15, 0.2) is 93.8 Å². The number of aliphatic carboxylic acids is 2. The highest BCUT2D eigenvalue weighted by molar-refractivity contribution is 7.98. The van der Waals surface area contributed by atoms with Crippen molar-refractivity contribution in [2.24, 2.45) is 0 Å². The van der Waals surface area contributed by atoms with Gasteiger partial charge in [0.15, 0.2) is 17.4 Å². The lowest BCUT2D eigenvalue weighted by Crippen LogP contribution is -2.40. The summed E-state index contributed by atoms with van der Waals surface area (Å²) in [5.41, 5.74) is 1.65. The largest absolute Gasteiger partial charge is 0.611 e. The third-order valence-corrected chi connectivity index (χ3v) is 10.4. The van der Waals surface area contributed by atoms with Gasteiger partial charge in [0.2, 0.25) is 10.8 Å². The van der Waals surface area contributed by atoms with E-state index in [9.17, 15) is 41.3 Å². The zero-order valence-corrected chi connectivity index (χ0v) is 32.7. The molecule has 1 heterocycles. The first-order valence-electron chi connectivity index (χ1n) is 17.2. The first-order valence-corrected chi connectivity index (χ1v) is 19.8. The number of carboxylic acids is 2. The second kappa shape index (κ2) is 21.7. The molecule has 3 atom stereocenters. The van der Waals surface area contributed by atoms with Crippen molar-refractivity contribution >= 4 is 40.8 Å². The molecule has 0 bridgehead atoms. The minimum atomic E-state index is -4.41. The topological polar surface area (TPSA) is 197 Å². The van der Waals surface area contributed by atoms with Gasteiger partial charge in [-0.05, 0) is 70.8 Å². The van der Waals surface area contributed by atoms with E-state index in [1.807, 2.05) is 38.1 Å². The van der Waals surface area contributed by atoms with Crippen molar-refractivity contribution in [2.75, 3.05) is 32.4 Å². The molecule has 4 aromatic rings. The van der Waals surface area contributed by atoms with E-state index in [4.69, 9.17) is 20.4 Å². The number of halogens is 4. The molecule has 4 N–H and O–H groups in total. The van der Waals surface area contributed by atoms with Crippen LogP contribution < -0.4 is 5.56 Å². The molecule has 0 aliphatic carbocycles. The number of carboxylic acid groups (broad SMARTS) is 2. The molecule has 0 fully saturated rings. The molecule has 19 heteroatoms. The maximum atomic E-state index is 13.9. The van der Waals surface area contributed by atoms with Crippen molar-refractivity contribution in [3.63, 3.8) is 0 Å². The third-order valence-electron chi connectivity index (χ3n) is 8.43. The van der Waals surface area contributed by atoms with Crippen LogP contribution in [0, 0.1) is 5.82 Å². The maximum Gasteiger partial charge on any atom is 0.416 e. The number of benzene rings is 3. The number of rotatable bonds is 17. The Hall–Kier alpha value is -4.79. The zero-order chi connectivity index (χ0) is 42.4. The zero-order valence-electron chi connectivity index (χ0n) is 31.1. The monoisotopic (exact) mass is 838 g/mol. The predicted octanol–water partition coefficient (Wildman–Crippen LogP) is 4.35. The van der Waals surface area contributed by atoms with Crippen LogP contribution in [0.3, 0.4) is 0 Å². The molecular weight excluding hydrogens is 797 g/mol. The van der Waals surface area contributed by atoms with Crippen LogP contribution in [-0.2, 0) is 50.6 Å². The quantitative estimate of drug-likeness (QED) is 0.0509. The smallest absolute Gasteiger partial charge is 0.416 e. The summed E-state index contributed by atoms with van der Waals surface area (Å²) >= 11 is -0.414. The number of aromatic nitrogens is 2. The summed E-state index contributed by atoms with van der Waals surface area (Å²) in [6.07, 6.45) is -6.15. The van der Waals surface area contributed by atoms with Crippen molar-refractivity contribution < 1.29 is 56.9 Å². The fraction of sp³-hybridized carbons (Fsp3) is 0.342. The summed E-state index contributed by atoms with van der Waals surface area (Å²) in [5, 5.41) is 32.8. The molecular formula is C38H42F4N4O9S2. The van der Waals surface area contributed by atoms with Crippen LogP contribution in [0.2, 0.25) is 0 Å². The molecule has 308 valence electrons. The Bertz CT molecular complexity index is 1980. The minimum absolute atomic E-state index is 0.0162. The number of hydrogen-bond donors (Lipinski definition) is 4. The first-order chi connectivity index (χ1) is 26.8. The molecule has 0 aliphatic heterocycles. The second-order valence-electron chi connectivity index (χ2n) is 12.4. The van der Waals surface area contributed by atoms with Crippen molar-refractivity contribution in [3.8, 4) is 11.1 Å². The standard InChI is InChI=1S/C34H36F4N4O3S2.C4H6O6/c1-4-40(5-2)18-19-41(20-24-6-10-26(11-7-24)27-12-14-28(15-13-27)34(36,37)38)31(43)22-42-21-30(47(3)45)32(44)39-33(42)46-23-25-8-16-29(35)17-9-25;5-1(3(7)8)2(6)4(9)10/h6-17,21H,4-5,18-20,22-23H2,1-3H3;1-2,5-6H,(H,7,8)(H,9,10). The van der Waals surface area contributed by atoms with E-state index in [2.05, 4.69) is 9.88 Å².